The highest BCUT2D eigenvalue weighted by Crippen LogP contribution is 2.25. The van der Waals surface area contributed by atoms with Crippen molar-refractivity contribution in [1.82, 2.24) is 4.90 Å². The topological polar surface area (TPSA) is 49.8 Å². The van der Waals surface area contributed by atoms with Gasteiger partial charge in [0.15, 0.2) is 0 Å². The maximum atomic E-state index is 11.8. The van der Waals surface area contributed by atoms with E-state index in [0.717, 1.165) is 6.42 Å². The van der Waals surface area contributed by atoms with Crippen molar-refractivity contribution in [2.24, 2.45) is 5.92 Å². The predicted molar refractivity (Wildman–Crippen MR) is 57.6 cm³/mol. The van der Waals surface area contributed by atoms with Crippen molar-refractivity contribution in [2.75, 3.05) is 13.2 Å². The van der Waals surface area contributed by atoms with Crippen molar-refractivity contribution in [1.29, 1.82) is 0 Å². The van der Waals surface area contributed by atoms with Crippen LogP contribution in [0.25, 0.3) is 0 Å². The zero-order chi connectivity index (χ0) is 11.6. The summed E-state index contributed by atoms with van der Waals surface area (Å²) < 4.78 is 5.28. The summed E-state index contributed by atoms with van der Waals surface area (Å²) in [5.74, 6) is 0.350. The Morgan fingerprint density at radius 3 is 2.60 bits per heavy atom. The first-order valence-electron chi connectivity index (χ1n) is 5.45. The lowest BCUT2D eigenvalue weighted by Gasteiger charge is -2.28. The fourth-order valence-corrected chi connectivity index (χ4v) is 1.83. The highest BCUT2D eigenvalue weighted by atomic mass is 16.6. The van der Waals surface area contributed by atoms with Gasteiger partial charge in [-0.05, 0) is 33.1 Å². The molecule has 1 fully saturated rings. The predicted octanol–water partition coefficient (Wildman–Crippen LogP) is 1.62. The van der Waals surface area contributed by atoms with Gasteiger partial charge in [0.2, 0.25) is 0 Å². The van der Waals surface area contributed by atoms with E-state index < -0.39 is 5.60 Å². The minimum Gasteiger partial charge on any atom is -0.444 e. The number of carbonyl (C=O) groups excluding carboxylic acids is 1. The molecule has 1 saturated heterocycles. The third-order valence-electron chi connectivity index (χ3n) is 2.70. The Hall–Kier alpha value is -0.770. The second kappa shape index (κ2) is 4.39. The molecule has 1 N–H and O–H groups in total. The number of aliphatic hydroxyl groups excluding tert-OH is 1. The van der Waals surface area contributed by atoms with Crippen LogP contribution in [0.15, 0.2) is 0 Å². The number of hydrogen-bond acceptors (Lipinski definition) is 3. The standard InChI is InChI=1S/C11H21NO3/c1-8-5-6-12(9(8)7-13)10(14)15-11(2,3)4/h8-9,13H,5-7H2,1-4H3/t8-,9?/m0/s1. The fraction of sp³-hybridized carbons (Fsp3) is 0.909. The Labute approximate surface area is 91.2 Å². The van der Waals surface area contributed by atoms with Crippen molar-refractivity contribution >= 4 is 6.09 Å². The normalized spacial score (nSPS) is 26.9. The molecule has 15 heavy (non-hydrogen) atoms. The van der Waals surface area contributed by atoms with Gasteiger partial charge < -0.3 is 14.7 Å². The third kappa shape index (κ3) is 3.09. The van der Waals surface area contributed by atoms with E-state index in [-0.39, 0.29) is 18.7 Å². The van der Waals surface area contributed by atoms with Gasteiger partial charge in [-0.2, -0.15) is 0 Å². The van der Waals surface area contributed by atoms with Gasteiger partial charge in [0.25, 0.3) is 0 Å². The summed E-state index contributed by atoms with van der Waals surface area (Å²) in [4.78, 5) is 13.4. The molecule has 1 rings (SSSR count). The van der Waals surface area contributed by atoms with E-state index in [1.807, 2.05) is 27.7 Å². The fourth-order valence-electron chi connectivity index (χ4n) is 1.83. The summed E-state index contributed by atoms with van der Waals surface area (Å²) in [7, 11) is 0. The summed E-state index contributed by atoms with van der Waals surface area (Å²) >= 11 is 0. The van der Waals surface area contributed by atoms with Crippen molar-refractivity contribution in [3.8, 4) is 0 Å². The van der Waals surface area contributed by atoms with Gasteiger partial charge in [-0.3, -0.25) is 0 Å². The first-order chi connectivity index (χ1) is 6.85. The number of nitrogens with zero attached hydrogens (tertiary/aromatic N) is 1. The van der Waals surface area contributed by atoms with Crippen molar-refractivity contribution in [3.05, 3.63) is 0 Å². The molecular formula is C11H21NO3. The first kappa shape index (κ1) is 12.3. The monoisotopic (exact) mass is 215 g/mol. The van der Waals surface area contributed by atoms with Gasteiger partial charge in [0.05, 0.1) is 12.6 Å². The number of rotatable bonds is 1. The molecule has 1 heterocycles. The van der Waals surface area contributed by atoms with E-state index in [9.17, 15) is 9.90 Å². The molecule has 0 radical (unpaired) electrons. The number of ether oxygens (including phenoxy) is 1. The zero-order valence-electron chi connectivity index (χ0n) is 9.99. The van der Waals surface area contributed by atoms with E-state index in [1.165, 1.54) is 0 Å². The van der Waals surface area contributed by atoms with E-state index in [1.54, 1.807) is 4.90 Å². The van der Waals surface area contributed by atoms with Gasteiger partial charge in [0, 0.05) is 6.54 Å². The molecule has 2 atom stereocenters. The van der Waals surface area contributed by atoms with E-state index >= 15 is 0 Å². The smallest absolute Gasteiger partial charge is 0.410 e. The number of aliphatic hydroxyl groups is 1. The maximum Gasteiger partial charge on any atom is 0.410 e. The van der Waals surface area contributed by atoms with E-state index in [0.29, 0.717) is 12.5 Å². The molecule has 1 aliphatic heterocycles. The molecule has 0 spiro atoms. The lowest BCUT2D eigenvalue weighted by atomic mass is 10.0. The quantitative estimate of drug-likeness (QED) is 0.723. The Kier molecular flexibility index (Phi) is 3.60. The molecule has 0 saturated carbocycles. The van der Waals surface area contributed by atoms with Crippen LogP contribution >= 0.6 is 0 Å². The third-order valence-corrected chi connectivity index (χ3v) is 2.70. The highest BCUT2D eigenvalue weighted by molar-refractivity contribution is 5.69. The Morgan fingerprint density at radius 1 is 1.53 bits per heavy atom. The SMILES string of the molecule is C[C@H]1CCN(C(=O)OC(C)(C)C)C1CO. The Balaban J connectivity index is 2.60. The lowest BCUT2D eigenvalue weighted by molar-refractivity contribution is 0.0151. The molecule has 1 aliphatic rings. The highest BCUT2D eigenvalue weighted by Gasteiger charge is 2.36. The van der Waals surface area contributed by atoms with Crippen molar-refractivity contribution in [3.63, 3.8) is 0 Å². The number of hydrogen-bond donors (Lipinski definition) is 1. The minimum atomic E-state index is -0.469. The summed E-state index contributed by atoms with van der Waals surface area (Å²) in [5, 5.41) is 9.20. The summed E-state index contributed by atoms with van der Waals surface area (Å²) in [6, 6.07) is -0.0835. The van der Waals surface area contributed by atoms with Crippen LogP contribution in [0.5, 0.6) is 0 Å². The van der Waals surface area contributed by atoms with Gasteiger partial charge in [0.1, 0.15) is 5.60 Å². The first-order valence-corrected chi connectivity index (χ1v) is 5.45. The van der Waals surface area contributed by atoms with Gasteiger partial charge in [-0.15, -0.1) is 0 Å². The molecule has 4 heteroatoms. The Morgan fingerprint density at radius 2 is 2.13 bits per heavy atom. The molecule has 0 aliphatic carbocycles. The summed E-state index contributed by atoms with van der Waals surface area (Å²) in [6.07, 6.45) is 0.621. The molecule has 1 unspecified atom stereocenters. The van der Waals surface area contributed by atoms with Crippen LogP contribution in [0.3, 0.4) is 0 Å². The molecule has 0 aromatic heterocycles. The van der Waals surface area contributed by atoms with Crippen molar-refractivity contribution in [2.45, 2.75) is 45.8 Å². The molecular weight excluding hydrogens is 194 g/mol. The second-order valence-corrected chi connectivity index (χ2v) is 5.19. The van der Waals surface area contributed by atoms with Crippen LogP contribution in [0, 0.1) is 5.92 Å². The molecule has 0 bridgehead atoms. The average molecular weight is 215 g/mol. The van der Waals surface area contributed by atoms with Crippen LogP contribution < -0.4 is 0 Å². The largest absolute Gasteiger partial charge is 0.444 e. The molecule has 0 aromatic rings. The number of likely N-dealkylation sites (tertiary alicyclic amines) is 1. The van der Waals surface area contributed by atoms with Gasteiger partial charge >= 0.3 is 6.09 Å². The maximum absolute atomic E-state index is 11.8. The lowest BCUT2D eigenvalue weighted by Crippen LogP contribution is -2.42. The van der Waals surface area contributed by atoms with Crippen molar-refractivity contribution < 1.29 is 14.6 Å². The second-order valence-electron chi connectivity index (χ2n) is 5.19. The van der Waals surface area contributed by atoms with Gasteiger partial charge in [-0.1, -0.05) is 6.92 Å². The van der Waals surface area contributed by atoms with Gasteiger partial charge in [-0.25, -0.2) is 4.79 Å². The van der Waals surface area contributed by atoms with Crippen LogP contribution in [-0.2, 0) is 4.74 Å². The van der Waals surface area contributed by atoms with Crippen LogP contribution in [-0.4, -0.2) is 40.9 Å². The van der Waals surface area contributed by atoms with E-state index in [4.69, 9.17) is 4.74 Å². The molecule has 1 amide bonds. The zero-order valence-corrected chi connectivity index (χ0v) is 9.99. The molecule has 0 aromatic carbocycles. The molecule has 88 valence electrons. The van der Waals surface area contributed by atoms with Crippen LogP contribution in [0.4, 0.5) is 4.79 Å². The summed E-state index contributed by atoms with van der Waals surface area (Å²) in [6.45, 7) is 8.28. The average Bonchev–Trinajstić information content (AvgIpc) is 2.43. The Bertz CT molecular complexity index is 234. The van der Waals surface area contributed by atoms with E-state index in [2.05, 4.69) is 0 Å². The number of amides is 1. The molecule has 4 nitrogen and oxygen atoms in total. The number of carbonyl (C=O) groups is 1. The van der Waals surface area contributed by atoms with Crippen LogP contribution in [0.2, 0.25) is 0 Å². The summed E-state index contributed by atoms with van der Waals surface area (Å²) in [5.41, 5.74) is -0.469. The van der Waals surface area contributed by atoms with Crippen LogP contribution in [0.1, 0.15) is 34.1 Å². The minimum absolute atomic E-state index is 0.0143.